The van der Waals surface area contributed by atoms with E-state index in [9.17, 15) is 4.39 Å². The molecule has 0 amide bonds. The number of guanidine groups is 1. The summed E-state index contributed by atoms with van der Waals surface area (Å²) < 4.78 is 20.3. The van der Waals surface area contributed by atoms with Crippen LogP contribution >= 0.6 is 0 Å². The van der Waals surface area contributed by atoms with E-state index in [0.717, 1.165) is 37.1 Å². The second-order valence-corrected chi connectivity index (χ2v) is 8.25. The van der Waals surface area contributed by atoms with Gasteiger partial charge in [-0.3, -0.25) is 0 Å². The standard InChI is InChI=1S/C24H27FN4O/c1-24(2,18-11-12-19(20(25)15-18)17-9-5-3-6-10-17)21-16-22(30-28-21)27-23(26)29-13-7-4-8-14-29/h3,5-6,9-12,15-16H,4,7-8,13-14H2,1-2H3,(H2,26,27). The lowest BCUT2D eigenvalue weighted by Gasteiger charge is -2.27. The van der Waals surface area contributed by atoms with Crippen molar-refractivity contribution in [2.75, 3.05) is 13.1 Å². The largest absolute Gasteiger partial charge is 0.369 e. The fourth-order valence-corrected chi connectivity index (χ4v) is 3.82. The lowest BCUT2D eigenvalue weighted by atomic mass is 9.81. The maximum atomic E-state index is 14.9. The Kier molecular flexibility index (Phi) is 5.57. The topological polar surface area (TPSA) is 67.7 Å². The zero-order valence-corrected chi connectivity index (χ0v) is 17.4. The summed E-state index contributed by atoms with van der Waals surface area (Å²) in [5, 5.41) is 4.19. The van der Waals surface area contributed by atoms with Gasteiger partial charge in [-0.25, -0.2) is 4.39 Å². The van der Waals surface area contributed by atoms with Crippen molar-refractivity contribution in [1.29, 1.82) is 0 Å². The maximum Gasteiger partial charge on any atom is 0.253 e. The molecule has 4 rings (SSSR count). The second kappa shape index (κ2) is 8.30. The van der Waals surface area contributed by atoms with E-state index in [1.54, 1.807) is 12.1 Å². The van der Waals surface area contributed by atoms with E-state index in [1.165, 1.54) is 6.42 Å². The van der Waals surface area contributed by atoms with Gasteiger partial charge in [-0.05, 0) is 36.5 Å². The van der Waals surface area contributed by atoms with Crippen LogP contribution in [0.5, 0.6) is 0 Å². The van der Waals surface area contributed by atoms with Crippen LogP contribution in [0.1, 0.15) is 44.4 Å². The van der Waals surface area contributed by atoms with Crippen LogP contribution in [0.3, 0.4) is 0 Å². The monoisotopic (exact) mass is 406 g/mol. The lowest BCUT2D eigenvalue weighted by Crippen LogP contribution is -2.40. The number of rotatable bonds is 4. The van der Waals surface area contributed by atoms with E-state index < -0.39 is 5.41 Å². The number of halogens is 1. The molecule has 1 fully saturated rings. The molecule has 1 aromatic heterocycles. The Labute approximate surface area is 176 Å². The highest BCUT2D eigenvalue weighted by Gasteiger charge is 2.28. The van der Waals surface area contributed by atoms with Gasteiger partial charge in [0.1, 0.15) is 5.82 Å². The zero-order valence-electron chi connectivity index (χ0n) is 17.4. The van der Waals surface area contributed by atoms with Gasteiger partial charge in [0, 0.05) is 30.1 Å². The Morgan fingerprint density at radius 2 is 1.80 bits per heavy atom. The molecule has 2 N–H and O–H groups in total. The average molecular weight is 407 g/mol. The number of nitrogens with zero attached hydrogens (tertiary/aromatic N) is 3. The number of benzene rings is 2. The fraction of sp³-hybridized carbons (Fsp3) is 0.333. The summed E-state index contributed by atoms with van der Waals surface area (Å²) in [6.07, 6.45) is 3.47. The van der Waals surface area contributed by atoms with Crippen LogP contribution in [0, 0.1) is 5.82 Å². The molecule has 5 nitrogen and oxygen atoms in total. The number of aromatic nitrogens is 1. The normalized spacial score (nSPS) is 15.4. The summed E-state index contributed by atoms with van der Waals surface area (Å²) in [6, 6.07) is 16.6. The van der Waals surface area contributed by atoms with E-state index >= 15 is 0 Å². The predicted octanol–water partition coefficient (Wildman–Crippen LogP) is 5.24. The maximum absolute atomic E-state index is 14.9. The molecule has 0 bridgehead atoms. The predicted molar refractivity (Wildman–Crippen MR) is 117 cm³/mol. The molecule has 6 heteroatoms. The lowest BCUT2D eigenvalue weighted by molar-refractivity contribution is 0.337. The van der Waals surface area contributed by atoms with Crippen molar-refractivity contribution in [2.45, 2.75) is 38.5 Å². The van der Waals surface area contributed by atoms with Gasteiger partial charge in [-0.15, -0.1) is 0 Å². The minimum absolute atomic E-state index is 0.261. The van der Waals surface area contributed by atoms with Crippen LogP contribution in [0.4, 0.5) is 10.3 Å². The molecule has 0 unspecified atom stereocenters. The number of aliphatic imine (C=N–C) groups is 1. The molecular weight excluding hydrogens is 379 g/mol. The van der Waals surface area contributed by atoms with E-state index in [2.05, 4.69) is 15.0 Å². The molecule has 0 spiro atoms. The van der Waals surface area contributed by atoms with Gasteiger partial charge in [0.2, 0.25) is 0 Å². The van der Waals surface area contributed by atoms with Crippen LogP contribution in [0.15, 0.2) is 64.1 Å². The van der Waals surface area contributed by atoms with Gasteiger partial charge < -0.3 is 15.2 Å². The molecule has 0 saturated carbocycles. The van der Waals surface area contributed by atoms with Crippen molar-refractivity contribution >= 4 is 11.8 Å². The van der Waals surface area contributed by atoms with Crippen LogP contribution < -0.4 is 5.73 Å². The molecule has 0 atom stereocenters. The number of nitrogens with two attached hydrogens (primary N) is 1. The summed E-state index contributed by atoms with van der Waals surface area (Å²) in [6.45, 7) is 5.80. The molecule has 2 heterocycles. The molecule has 30 heavy (non-hydrogen) atoms. The summed E-state index contributed by atoms with van der Waals surface area (Å²) in [4.78, 5) is 6.46. The van der Waals surface area contributed by atoms with Crippen LogP contribution in [-0.4, -0.2) is 29.1 Å². The summed E-state index contributed by atoms with van der Waals surface area (Å²) >= 11 is 0. The van der Waals surface area contributed by atoms with Crippen LogP contribution in [0.2, 0.25) is 0 Å². The minimum Gasteiger partial charge on any atom is -0.369 e. The van der Waals surface area contributed by atoms with E-state index in [-0.39, 0.29) is 5.82 Å². The van der Waals surface area contributed by atoms with Crippen molar-refractivity contribution in [3.63, 3.8) is 0 Å². The Morgan fingerprint density at radius 1 is 1.07 bits per heavy atom. The van der Waals surface area contributed by atoms with E-state index in [4.69, 9.17) is 10.3 Å². The van der Waals surface area contributed by atoms with Crippen LogP contribution in [0.25, 0.3) is 11.1 Å². The highest BCUT2D eigenvalue weighted by atomic mass is 19.1. The first kappa shape index (κ1) is 20.1. The first-order valence-electron chi connectivity index (χ1n) is 10.4. The average Bonchev–Trinajstić information content (AvgIpc) is 3.24. The molecule has 1 aliphatic heterocycles. The van der Waals surface area contributed by atoms with Crippen molar-refractivity contribution < 1.29 is 8.91 Å². The molecule has 3 aromatic rings. The van der Waals surface area contributed by atoms with Gasteiger partial charge in [-0.2, -0.15) is 4.99 Å². The smallest absolute Gasteiger partial charge is 0.253 e. The van der Waals surface area contributed by atoms with Gasteiger partial charge >= 0.3 is 0 Å². The fourth-order valence-electron chi connectivity index (χ4n) is 3.82. The third-order valence-electron chi connectivity index (χ3n) is 5.82. The third-order valence-corrected chi connectivity index (χ3v) is 5.82. The summed E-state index contributed by atoms with van der Waals surface area (Å²) in [5.74, 6) is 0.554. The molecule has 0 radical (unpaired) electrons. The Bertz CT molecular complexity index is 1040. The first-order valence-corrected chi connectivity index (χ1v) is 10.4. The Hall–Kier alpha value is -3.15. The highest BCUT2D eigenvalue weighted by molar-refractivity contribution is 5.80. The molecule has 156 valence electrons. The molecule has 1 aliphatic rings. The SMILES string of the molecule is CC(C)(c1ccc(-c2ccccc2)c(F)c1)c1cc(N=C(N)N2CCCCC2)on1. The molecular formula is C24H27FN4O. The zero-order chi connectivity index (χ0) is 21.1. The van der Waals surface area contributed by atoms with Crippen molar-refractivity contribution in [3.05, 3.63) is 71.7 Å². The second-order valence-electron chi connectivity index (χ2n) is 8.25. The molecule has 1 saturated heterocycles. The van der Waals surface area contributed by atoms with Gasteiger partial charge in [0.05, 0.1) is 5.69 Å². The first-order chi connectivity index (χ1) is 14.4. The van der Waals surface area contributed by atoms with E-state index in [1.807, 2.05) is 56.3 Å². The number of likely N-dealkylation sites (tertiary alicyclic amines) is 1. The van der Waals surface area contributed by atoms with Crippen molar-refractivity contribution in [2.24, 2.45) is 10.7 Å². The third kappa shape index (κ3) is 4.08. The number of piperidine rings is 1. The van der Waals surface area contributed by atoms with Crippen molar-refractivity contribution in [1.82, 2.24) is 10.1 Å². The minimum atomic E-state index is -0.548. The van der Waals surface area contributed by atoms with Crippen LogP contribution in [-0.2, 0) is 5.41 Å². The molecule has 0 aliphatic carbocycles. The summed E-state index contributed by atoms with van der Waals surface area (Å²) in [7, 11) is 0. The van der Waals surface area contributed by atoms with Crippen molar-refractivity contribution in [3.8, 4) is 11.1 Å². The highest BCUT2D eigenvalue weighted by Crippen LogP contribution is 2.35. The number of hydrogen-bond donors (Lipinski definition) is 1. The quantitative estimate of drug-likeness (QED) is 0.475. The number of hydrogen-bond acceptors (Lipinski definition) is 3. The Balaban J connectivity index is 1.57. The van der Waals surface area contributed by atoms with Gasteiger partial charge in [0.25, 0.3) is 5.88 Å². The Morgan fingerprint density at radius 3 is 2.50 bits per heavy atom. The van der Waals surface area contributed by atoms with E-state index in [0.29, 0.717) is 23.1 Å². The van der Waals surface area contributed by atoms with Gasteiger partial charge in [-0.1, -0.05) is 61.5 Å². The molecule has 2 aromatic carbocycles. The summed E-state index contributed by atoms with van der Waals surface area (Å²) in [5.41, 5.74) is 8.52. The van der Waals surface area contributed by atoms with Gasteiger partial charge in [0.15, 0.2) is 5.96 Å².